The van der Waals surface area contributed by atoms with Crippen molar-refractivity contribution in [2.45, 2.75) is 207 Å². The van der Waals surface area contributed by atoms with E-state index in [1.54, 1.807) is 6.92 Å². The topological polar surface area (TPSA) is 52.6 Å². The summed E-state index contributed by atoms with van der Waals surface area (Å²) in [5, 5.41) is 0. The van der Waals surface area contributed by atoms with Gasteiger partial charge in [-0.05, 0) is 45.4 Å². The first kappa shape index (κ1) is 39.7. The quantitative estimate of drug-likeness (QED) is 0.0452. The molecule has 0 heterocycles. The number of carbonyl (C=O) groups excluding carboxylic acids is 2. The van der Waals surface area contributed by atoms with Gasteiger partial charge in [-0.2, -0.15) is 0 Å². The molecule has 0 saturated heterocycles. The number of rotatable bonds is 32. The molecular weight excluding hydrogens is 508 g/mol. The molecule has 0 aromatic rings. The Labute approximate surface area is 256 Å². The summed E-state index contributed by atoms with van der Waals surface area (Å²) in [6.45, 7) is 6.50. The summed E-state index contributed by atoms with van der Waals surface area (Å²) in [5.74, 6) is -0.351. The van der Waals surface area contributed by atoms with Gasteiger partial charge in [0, 0.05) is 12.8 Å². The Morgan fingerprint density at radius 3 is 1.24 bits per heavy atom. The molecule has 0 amide bonds. The molecule has 0 aliphatic rings. The van der Waals surface area contributed by atoms with Crippen LogP contribution in [0.3, 0.4) is 0 Å². The van der Waals surface area contributed by atoms with E-state index in [0.29, 0.717) is 12.8 Å². The van der Waals surface area contributed by atoms with Crippen molar-refractivity contribution in [3.63, 3.8) is 0 Å². The van der Waals surface area contributed by atoms with Gasteiger partial charge in [0.25, 0.3) is 0 Å². The lowest BCUT2D eigenvalue weighted by Crippen LogP contribution is -2.22. The monoisotopic (exact) mass is 579 g/mol. The normalized spacial score (nSPS) is 12.2. The van der Waals surface area contributed by atoms with E-state index < -0.39 is 0 Å². The van der Waals surface area contributed by atoms with Crippen LogP contribution in [0.5, 0.6) is 0 Å². The second-order valence-electron chi connectivity index (χ2n) is 12.3. The molecule has 41 heavy (non-hydrogen) atoms. The number of carbonyl (C=O) groups is 2. The maximum atomic E-state index is 12.1. The van der Waals surface area contributed by atoms with E-state index in [2.05, 4.69) is 26.0 Å². The van der Waals surface area contributed by atoms with Gasteiger partial charge in [-0.1, -0.05) is 154 Å². The molecule has 0 aromatic carbocycles. The minimum Gasteiger partial charge on any atom is -0.462 e. The van der Waals surface area contributed by atoms with Gasteiger partial charge in [-0.3, -0.25) is 9.59 Å². The SMILES string of the molecule is CCCCCCCC/C=C\CCCCCCCC(=O)OC(C)COC(=O)CCCCCCCCCCCCCCC. The van der Waals surface area contributed by atoms with E-state index in [4.69, 9.17) is 9.47 Å². The Morgan fingerprint density at radius 2 is 0.829 bits per heavy atom. The van der Waals surface area contributed by atoms with Crippen LogP contribution in [0, 0.1) is 0 Å². The third-order valence-electron chi connectivity index (χ3n) is 7.94. The van der Waals surface area contributed by atoms with Gasteiger partial charge in [-0.25, -0.2) is 0 Å². The number of hydrogen-bond acceptors (Lipinski definition) is 4. The van der Waals surface area contributed by atoms with Crippen LogP contribution in [0.25, 0.3) is 0 Å². The van der Waals surface area contributed by atoms with Crippen LogP contribution in [0.1, 0.15) is 201 Å². The average molecular weight is 579 g/mol. The van der Waals surface area contributed by atoms with E-state index in [-0.39, 0.29) is 24.6 Å². The van der Waals surface area contributed by atoms with Gasteiger partial charge in [0.2, 0.25) is 0 Å². The van der Waals surface area contributed by atoms with Gasteiger partial charge in [-0.15, -0.1) is 0 Å². The fourth-order valence-corrected chi connectivity index (χ4v) is 5.23. The van der Waals surface area contributed by atoms with Crippen molar-refractivity contribution in [1.82, 2.24) is 0 Å². The number of ether oxygens (including phenoxy) is 2. The Balaban J connectivity index is 3.44. The highest BCUT2D eigenvalue weighted by atomic mass is 16.6. The third-order valence-corrected chi connectivity index (χ3v) is 7.94. The lowest BCUT2D eigenvalue weighted by molar-refractivity contribution is -0.158. The van der Waals surface area contributed by atoms with Crippen LogP contribution in [-0.4, -0.2) is 24.6 Å². The zero-order chi connectivity index (χ0) is 30.1. The number of hydrogen-bond donors (Lipinski definition) is 0. The molecule has 0 saturated carbocycles. The Bertz CT molecular complexity index is 585. The Kier molecular flexibility index (Phi) is 32.1. The molecule has 0 spiro atoms. The predicted octanol–water partition coefficient (Wildman–Crippen LogP) is 12.0. The van der Waals surface area contributed by atoms with Gasteiger partial charge < -0.3 is 9.47 Å². The van der Waals surface area contributed by atoms with Gasteiger partial charge >= 0.3 is 11.9 Å². The largest absolute Gasteiger partial charge is 0.462 e. The fourth-order valence-electron chi connectivity index (χ4n) is 5.23. The summed E-state index contributed by atoms with van der Waals surface area (Å²) >= 11 is 0. The first-order valence-corrected chi connectivity index (χ1v) is 18.1. The van der Waals surface area contributed by atoms with E-state index in [1.165, 1.54) is 141 Å². The van der Waals surface area contributed by atoms with E-state index >= 15 is 0 Å². The van der Waals surface area contributed by atoms with Crippen LogP contribution < -0.4 is 0 Å². The van der Waals surface area contributed by atoms with Crippen molar-refractivity contribution in [3.05, 3.63) is 12.2 Å². The summed E-state index contributed by atoms with van der Waals surface area (Å²) < 4.78 is 10.7. The second-order valence-corrected chi connectivity index (χ2v) is 12.3. The minimum absolute atomic E-state index is 0.162. The molecule has 0 rings (SSSR count). The molecule has 0 fully saturated rings. The molecule has 1 atom stereocenters. The first-order chi connectivity index (χ1) is 20.1. The van der Waals surface area contributed by atoms with Crippen molar-refractivity contribution in [2.24, 2.45) is 0 Å². The van der Waals surface area contributed by atoms with Crippen LogP contribution in [0.4, 0.5) is 0 Å². The number of allylic oxidation sites excluding steroid dienone is 2. The highest BCUT2D eigenvalue weighted by Crippen LogP contribution is 2.14. The fraction of sp³-hybridized carbons (Fsp3) is 0.892. The summed E-state index contributed by atoms with van der Waals surface area (Å²) in [5.41, 5.74) is 0. The summed E-state index contributed by atoms with van der Waals surface area (Å²) in [7, 11) is 0. The maximum absolute atomic E-state index is 12.1. The maximum Gasteiger partial charge on any atom is 0.306 e. The lowest BCUT2D eigenvalue weighted by Gasteiger charge is -2.13. The van der Waals surface area contributed by atoms with Crippen molar-refractivity contribution in [3.8, 4) is 0 Å². The van der Waals surface area contributed by atoms with E-state index in [1.807, 2.05) is 0 Å². The summed E-state index contributed by atoms with van der Waals surface area (Å²) in [6, 6.07) is 0. The molecule has 0 radical (unpaired) electrons. The van der Waals surface area contributed by atoms with Gasteiger partial charge in [0.05, 0.1) is 0 Å². The molecule has 1 unspecified atom stereocenters. The van der Waals surface area contributed by atoms with E-state index in [0.717, 1.165) is 25.7 Å². The van der Waals surface area contributed by atoms with Crippen molar-refractivity contribution < 1.29 is 19.1 Å². The molecule has 4 nitrogen and oxygen atoms in total. The molecule has 0 bridgehead atoms. The molecule has 0 N–H and O–H groups in total. The predicted molar refractivity (Wildman–Crippen MR) is 176 cm³/mol. The molecule has 0 aliphatic carbocycles. The molecule has 0 aromatic heterocycles. The lowest BCUT2D eigenvalue weighted by atomic mass is 10.0. The molecular formula is C37H70O4. The number of esters is 2. The first-order valence-electron chi connectivity index (χ1n) is 18.1. The van der Waals surface area contributed by atoms with Crippen LogP contribution in [-0.2, 0) is 19.1 Å². The van der Waals surface area contributed by atoms with Gasteiger partial charge in [0.15, 0.2) is 0 Å². The van der Waals surface area contributed by atoms with Crippen molar-refractivity contribution in [2.75, 3.05) is 6.61 Å². The second kappa shape index (κ2) is 33.2. The van der Waals surface area contributed by atoms with Crippen LogP contribution in [0.2, 0.25) is 0 Å². The third kappa shape index (κ3) is 33.1. The molecule has 242 valence electrons. The van der Waals surface area contributed by atoms with Crippen molar-refractivity contribution >= 4 is 11.9 Å². The summed E-state index contributed by atoms with van der Waals surface area (Å²) in [4.78, 5) is 24.1. The molecule has 4 heteroatoms. The van der Waals surface area contributed by atoms with Crippen LogP contribution in [0.15, 0.2) is 12.2 Å². The zero-order valence-electron chi connectivity index (χ0n) is 27.9. The zero-order valence-corrected chi connectivity index (χ0v) is 27.9. The number of unbranched alkanes of at least 4 members (excludes halogenated alkanes) is 23. The van der Waals surface area contributed by atoms with Gasteiger partial charge in [0.1, 0.15) is 12.7 Å². The van der Waals surface area contributed by atoms with Crippen LogP contribution >= 0.6 is 0 Å². The Hall–Kier alpha value is -1.32. The minimum atomic E-state index is -0.374. The standard InChI is InChI=1S/C37H70O4/c1-4-6-8-10-12-14-16-18-19-21-23-25-27-29-31-33-37(39)41-35(3)34-40-36(38)32-30-28-26-24-22-20-17-15-13-11-9-7-5-2/h18-19,35H,4-17,20-34H2,1-3H3/b19-18-. The average Bonchev–Trinajstić information content (AvgIpc) is 2.96. The smallest absolute Gasteiger partial charge is 0.306 e. The van der Waals surface area contributed by atoms with E-state index in [9.17, 15) is 9.59 Å². The van der Waals surface area contributed by atoms with Crippen molar-refractivity contribution in [1.29, 1.82) is 0 Å². The Morgan fingerprint density at radius 1 is 0.488 bits per heavy atom. The molecule has 0 aliphatic heterocycles. The highest BCUT2D eigenvalue weighted by Gasteiger charge is 2.12. The highest BCUT2D eigenvalue weighted by molar-refractivity contribution is 5.70. The summed E-state index contributed by atoms with van der Waals surface area (Å²) in [6.07, 6.45) is 38.2.